The van der Waals surface area contributed by atoms with Gasteiger partial charge in [-0.25, -0.2) is 0 Å². The van der Waals surface area contributed by atoms with E-state index >= 15 is 0 Å². The van der Waals surface area contributed by atoms with Crippen molar-refractivity contribution in [2.45, 2.75) is 0 Å². The van der Waals surface area contributed by atoms with Crippen LogP contribution in [-0.2, 0) is 4.79 Å². The molecule has 2 rings (SSSR count). The summed E-state index contributed by atoms with van der Waals surface area (Å²) in [6, 6.07) is 15.9. The average Bonchev–Trinajstić information content (AvgIpc) is 2.42. The Labute approximate surface area is 110 Å². The van der Waals surface area contributed by atoms with Crippen molar-refractivity contribution in [3.8, 4) is 5.75 Å². The van der Waals surface area contributed by atoms with Crippen LogP contribution in [-0.4, -0.2) is 28.4 Å². The highest BCUT2D eigenvalue weighted by atomic mass is 16.4. The highest BCUT2D eigenvalue weighted by Crippen LogP contribution is 2.20. The van der Waals surface area contributed by atoms with Crippen molar-refractivity contribution >= 4 is 11.7 Å². The second kappa shape index (κ2) is 5.82. The summed E-state index contributed by atoms with van der Waals surface area (Å²) >= 11 is 0. The fourth-order valence-electron chi connectivity index (χ4n) is 1.75. The summed E-state index contributed by atoms with van der Waals surface area (Å²) in [6.07, 6.45) is 0. The molecule has 2 aromatic carbocycles. The van der Waals surface area contributed by atoms with Crippen LogP contribution in [0.15, 0.2) is 59.6 Å². The SMILES string of the molecule is O=C(O)CN=C(c1ccccc1)c1ccccc1O. The number of phenolic OH excluding ortho intramolecular Hbond substituents is 1. The molecule has 0 aliphatic rings. The van der Waals surface area contributed by atoms with E-state index in [0.29, 0.717) is 11.3 Å². The van der Waals surface area contributed by atoms with E-state index in [1.807, 2.05) is 30.3 Å². The van der Waals surface area contributed by atoms with Crippen molar-refractivity contribution in [2.75, 3.05) is 6.54 Å². The molecule has 96 valence electrons. The molecule has 0 radical (unpaired) electrons. The molecule has 0 aliphatic heterocycles. The number of aromatic hydroxyl groups is 1. The van der Waals surface area contributed by atoms with Crippen molar-refractivity contribution in [1.82, 2.24) is 0 Å². The Balaban J connectivity index is 2.50. The van der Waals surface area contributed by atoms with Crippen LogP contribution in [0.5, 0.6) is 5.75 Å². The predicted molar refractivity (Wildman–Crippen MR) is 72.7 cm³/mol. The topological polar surface area (TPSA) is 69.9 Å². The highest BCUT2D eigenvalue weighted by Gasteiger charge is 2.11. The summed E-state index contributed by atoms with van der Waals surface area (Å²) < 4.78 is 0. The zero-order chi connectivity index (χ0) is 13.7. The van der Waals surface area contributed by atoms with Gasteiger partial charge in [-0.1, -0.05) is 42.5 Å². The van der Waals surface area contributed by atoms with E-state index < -0.39 is 5.97 Å². The molecule has 0 atom stereocenters. The first-order valence-electron chi connectivity index (χ1n) is 5.78. The number of phenols is 1. The van der Waals surface area contributed by atoms with Crippen LogP contribution in [0.2, 0.25) is 0 Å². The number of carboxylic acid groups (broad SMARTS) is 1. The lowest BCUT2D eigenvalue weighted by Crippen LogP contribution is -2.08. The van der Waals surface area contributed by atoms with Crippen molar-refractivity contribution in [3.63, 3.8) is 0 Å². The molecular weight excluding hydrogens is 242 g/mol. The summed E-state index contributed by atoms with van der Waals surface area (Å²) in [7, 11) is 0. The second-order valence-electron chi connectivity index (χ2n) is 3.94. The van der Waals surface area contributed by atoms with Gasteiger partial charge in [0.1, 0.15) is 12.3 Å². The molecule has 0 aromatic heterocycles. The first kappa shape index (κ1) is 12.8. The molecule has 19 heavy (non-hydrogen) atoms. The van der Waals surface area contributed by atoms with E-state index in [-0.39, 0.29) is 12.3 Å². The number of hydrogen-bond acceptors (Lipinski definition) is 3. The molecule has 0 spiro atoms. The Kier molecular flexibility index (Phi) is 3.93. The summed E-state index contributed by atoms with van der Waals surface area (Å²) in [5.74, 6) is -0.931. The molecule has 0 aliphatic carbocycles. The normalized spacial score (nSPS) is 11.3. The third-order valence-corrected chi connectivity index (χ3v) is 2.58. The third-order valence-electron chi connectivity index (χ3n) is 2.58. The highest BCUT2D eigenvalue weighted by molar-refractivity contribution is 6.14. The zero-order valence-corrected chi connectivity index (χ0v) is 10.2. The molecule has 0 heterocycles. The lowest BCUT2D eigenvalue weighted by molar-refractivity contribution is -0.135. The molecule has 0 saturated carbocycles. The summed E-state index contributed by atoms with van der Waals surface area (Å²) in [5, 5.41) is 18.6. The average molecular weight is 255 g/mol. The number of benzene rings is 2. The minimum absolute atomic E-state index is 0.0792. The van der Waals surface area contributed by atoms with Gasteiger partial charge in [0.15, 0.2) is 0 Å². The van der Waals surface area contributed by atoms with Gasteiger partial charge in [-0.05, 0) is 12.1 Å². The summed E-state index contributed by atoms with van der Waals surface area (Å²) in [5.41, 5.74) is 1.77. The van der Waals surface area contributed by atoms with Crippen LogP contribution >= 0.6 is 0 Å². The molecular formula is C15H13NO3. The van der Waals surface area contributed by atoms with Gasteiger partial charge in [0, 0.05) is 11.1 Å². The predicted octanol–water partition coefficient (Wildman–Crippen LogP) is 2.31. The largest absolute Gasteiger partial charge is 0.507 e. The standard InChI is InChI=1S/C15H13NO3/c17-13-9-5-4-8-12(13)15(16-10-14(18)19)11-6-2-1-3-7-11/h1-9,17H,10H2,(H,18,19). The Morgan fingerprint density at radius 1 is 1.00 bits per heavy atom. The van der Waals surface area contributed by atoms with Crippen LogP contribution in [0.1, 0.15) is 11.1 Å². The lowest BCUT2D eigenvalue weighted by atomic mass is 10.0. The molecule has 0 fully saturated rings. The quantitative estimate of drug-likeness (QED) is 0.824. The fourth-order valence-corrected chi connectivity index (χ4v) is 1.75. The number of para-hydroxylation sites is 1. The van der Waals surface area contributed by atoms with Crippen molar-refractivity contribution in [1.29, 1.82) is 0 Å². The molecule has 4 heteroatoms. The Morgan fingerprint density at radius 2 is 1.63 bits per heavy atom. The van der Waals surface area contributed by atoms with E-state index in [1.54, 1.807) is 24.3 Å². The van der Waals surface area contributed by atoms with Crippen molar-refractivity contribution in [2.24, 2.45) is 4.99 Å². The Bertz CT molecular complexity index is 606. The maximum absolute atomic E-state index is 10.7. The lowest BCUT2D eigenvalue weighted by Gasteiger charge is -2.08. The minimum atomic E-state index is -1.01. The van der Waals surface area contributed by atoms with E-state index in [2.05, 4.69) is 4.99 Å². The van der Waals surface area contributed by atoms with Gasteiger partial charge in [0.05, 0.1) is 5.71 Å². The van der Waals surface area contributed by atoms with E-state index in [4.69, 9.17) is 5.11 Å². The van der Waals surface area contributed by atoms with Crippen LogP contribution < -0.4 is 0 Å². The van der Waals surface area contributed by atoms with Gasteiger partial charge >= 0.3 is 5.97 Å². The second-order valence-corrected chi connectivity index (χ2v) is 3.94. The smallest absolute Gasteiger partial charge is 0.325 e. The first-order valence-corrected chi connectivity index (χ1v) is 5.78. The maximum Gasteiger partial charge on any atom is 0.325 e. The van der Waals surface area contributed by atoms with E-state index in [9.17, 15) is 9.90 Å². The molecule has 2 N–H and O–H groups in total. The van der Waals surface area contributed by atoms with Gasteiger partial charge in [-0.2, -0.15) is 0 Å². The van der Waals surface area contributed by atoms with Crippen LogP contribution in [0.25, 0.3) is 0 Å². The van der Waals surface area contributed by atoms with Crippen LogP contribution in [0, 0.1) is 0 Å². The van der Waals surface area contributed by atoms with E-state index in [0.717, 1.165) is 5.56 Å². The number of carbonyl (C=O) groups is 1. The maximum atomic E-state index is 10.7. The number of nitrogens with zero attached hydrogens (tertiary/aromatic N) is 1. The number of aliphatic imine (C=N–C) groups is 1. The Hall–Kier alpha value is -2.62. The number of carboxylic acids is 1. The Morgan fingerprint density at radius 3 is 2.26 bits per heavy atom. The molecule has 2 aromatic rings. The van der Waals surface area contributed by atoms with Gasteiger partial charge < -0.3 is 10.2 Å². The number of rotatable bonds is 4. The minimum Gasteiger partial charge on any atom is -0.507 e. The number of aliphatic carboxylic acids is 1. The third kappa shape index (κ3) is 3.19. The summed E-state index contributed by atoms with van der Waals surface area (Å²) in [4.78, 5) is 14.8. The van der Waals surface area contributed by atoms with Crippen LogP contribution in [0.3, 0.4) is 0 Å². The molecule has 0 bridgehead atoms. The molecule has 0 amide bonds. The van der Waals surface area contributed by atoms with E-state index in [1.165, 1.54) is 0 Å². The van der Waals surface area contributed by atoms with Gasteiger partial charge in [0.25, 0.3) is 0 Å². The first-order chi connectivity index (χ1) is 9.18. The van der Waals surface area contributed by atoms with Crippen molar-refractivity contribution in [3.05, 3.63) is 65.7 Å². The monoisotopic (exact) mass is 255 g/mol. The van der Waals surface area contributed by atoms with Crippen LogP contribution in [0.4, 0.5) is 0 Å². The number of hydrogen-bond donors (Lipinski definition) is 2. The van der Waals surface area contributed by atoms with Gasteiger partial charge in [0.2, 0.25) is 0 Å². The zero-order valence-electron chi connectivity index (χ0n) is 10.2. The van der Waals surface area contributed by atoms with Gasteiger partial charge in [-0.15, -0.1) is 0 Å². The van der Waals surface area contributed by atoms with Gasteiger partial charge in [-0.3, -0.25) is 9.79 Å². The molecule has 0 saturated heterocycles. The molecule has 0 unspecified atom stereocenters. The fraction of sp³-hybridized carbons (Fsp3) is 0.0667. The summed E-state index contributed by atoms with van der Waals surface area (Å²) in [6.45, 7) is -0.335. The van der Waals surface area contributed by atoms with Crippen molar-refractivity contribution < 1.29 is 15.0 Å². The molecule has 4 nitrogen and oxygen atoms in total.